The van der Waals surface area contributed by atoms with E-state index in [9.17, 15) is 8.42 Å². The number of aliphatic imine (C=N–C) groups is 1. The van der Waals surface area contributed by atoms with Crippen LogP contribution in [0.25, 0.3) is 0 Å². The fourth-order valence-corrected chi connectivity index (χ4v) is 4.99. The Morgan fingerprint density at radius 1 is 1.14 bits per heavy atom. The van der Waals surface area contributed by atoms with Crippen LogP contribution in [0, 0.1) is 0 Å². The van der Waals surface area contributed by atoms with Crippen LogP contribution >= 0.6 is 35.3 Å². The SMILES string of the molecule is CCOc1ccc(CN(C)C(=NC)NCc2ccc(S(=O)(=O)N(C)C)s2)cc1.I. The van der Waals surface area contributed by atoms with E-state index in [-0.39, 0.29) is 24.0 Å². The summed E-state index contributed by atoms with van der Waals surface area (Å²) in [7, 11) is 3.36. The van der Waals surface area contributed by atoms with E-state index < -0.39 is 10.0 Å². The highest BCUT2D eigenvalue weighted by molar-refractivity contribution is 14.0. The largest absolute Gasteiger partial charge is 0.494 e. The van der Waals surface area contributed by atoms with Crippen LogP contribution in [0.15, 0.2) is 45.6 Å². The Balaban J connectivity index is 0.00000420. The van der Waals surface area contributed by atoms with Gasteiger partial charge in [-0.05, 0) is 36.8 Å². The van der Waals surface area contributed by atoms with Crippen LogP contribution in [-0.4, -0.2) is 58.4 Å². The number of nitrogens with one attached hydrogen (secondary N) is 1. The lowest BCUT2D eigenvalue weighted by Gasteiger charge is -2.22. The van der Waals surface area contributed by atoms with Gasteiger partial charge in [0.15, 0.2) is 5.96 Å². The van der Waals surface area contributed by atoms with Gasteiger partial charge in [0.25, 0.3) is 10.0 Å². The van der Waals surface area contributed by atoms with E-state index in [1.165, 1.54) is 29.7 Å². The fraction of sp³-hybridized carbons (Fsp3) is 0.421. The number of ether oxygens (including phenoxy) is 1. The molecule has 0 saturated carbocycles. The van der Waals surface area contributed by atoms with Crippen molar-refractivity contribution in [1.82, 2.24) is 14.5 Å². The molecule has 0 aliphatic carbocycles. The number of halogens is 1. The Hall–Kier alpha value is -1.37. The zero-order chi connectivity index (χ0) is 20.7. The molecule has 0 bridgehead atoms. The van der Waals surface area contributed by atoms with Crippen LogP contribution in [-0.2, 0) is 23.1 Å². The van der Waals surface area contributed by atoms with Gasteiger partial charge in [0.05, 0.1) is 13.2 Å². The number of thiophene rings is 1. The molecular weight excluding hydrogens is 523 g/mol. The lowest BCUT2D eigenvalue weighted by atomic mass is 10.2. The first-order chi connectivity index (χ1) is 13.3. The van der Waals surface area contributed by atoms with Gasteiger partial charge in [0.2, 0.25) is 0 Å². The smallest absolute Gasteiger partial charge is 0.252 e. The molecule has 0 aliphatic rings. The Bertz CT molecular complexity index is 896. The second kappa shape index (κ2) is 11.7. The van der Waals surface area contributed by atoms with E-state index in [1.54, 1.807) is 13.1 Å². The van der Waals surface area contributed by atoms with Crippen molar-refractivity contribution >= 4 is 51.3 Å². The molecule has 0 spiro atoms. The predicted molar refractivity (Wildman–Crippen MR) is 130 cm³/mol. The Labute approximate surface area is 194 Å². The third-order valence-electron chi connectivity index (χ3n) is 4.02. The second-order valence-electron chi connectivity index (χ2n) is 6.34. The normalized spacial score (nSPS) is 11.9. The summed E-state index contributed by atoms with van der Waals surface area (Å²) >= 11 is 1.26. The molecule has 0 unspecified atom stereocenters. The molecule has 2 aromatic rings. The number of rotatable bonds is 8. The summed E-state index contributed by atoms with van der Waals surface area (Å²) in [6.07, 6.45) is 0. The summed E-state index contributed by atoms with van der Waals surface area (Å²) in [4.78, 5) is 7.26. The number of benzene rings is 1. The maximum Gasteiger partial charge on any atom is 0.252 e. The highest BCUT2D eigenvalue weighted by Gasteiger charge is 2.19. The second-order valence-corrected chi connectivity index (χ2v) is 9.89. The minimum absolute atomic E-state index is 0. The van der Waals surface area contributed by atoms with Crippen molar-refractivity contribution in [3.05, 3.63) is 46.8 Å². The molecule has 162 valence electrons. The first-order valence-corrected chi connectivity index (χ1v) is 11.2. The van der Waals surface area contributed by atoms with Gasteiger partial charge in [-0.15, -0.1) is 35.3 Å². The quantitative estimate of drug-likeness (QED) is 0.310. The molecule has 1 aromatic heterocycles. The number of nitrogens with zero attached hydrogens (tertiary/aromatic N) is 3. The van der Waals surface area contributed by atoms with Crippen LogP contribution in [0.3, 0.4) is 0 Å². The molecule has 1 aromatic carbocycles. The summed E-state index contributed by atoms with van der Waals surface area (Å²) in [6, 6.07) is 11.5. The maximum absolute atomic E-state index is 12.2. The molecule has 0 amide bonds. The van der Waals surface area contributed by atoms with Crippen LogP contribution in [0.2, 0.25) is 0 Å². The minimum atomic E-state index is -3.39. The molecule has 0 fully saturated rings. The molecular formula is C19H29IN4O3S2. The van der Waals surface area contributed by atoms with E-state index in [4.69, 9.17) is 4.74 Å². The molecule has 0 saturated heterocycles. The minimum Gasteiger partial charge on any atom is -0.494 e. The van der Waals surface area contributed by atoms with E-state index in [1.807, 2.05) is 49.2 Å². The zero-order valence-electron chi connectivity index (χ0n) is 17.4. The van der Waals surface area contributed by atoms with E-state index in [0.29, 0.717) is 23.9 Å². The van der Waals surface area contributed by atoms with Crippen molar-refractivity contribution in [3.63, 3.8) is 0 Å². The molecule has 1 N–H and O–H groups in total. The average Bonchev–Trinajstić information content (AvgIpc) is 3.14. The van der Waals surface area contributed by atoms with Gasteiger partial charge in [-0.3, -0.25) is 4.99 Å². The lowest BCUT2D eigenvalue weighted by Crippen LogP contribution is -2.37. The Kier molecular flexibility index (Phi) is 10.4. The summed E-state index contributed by atoms with van der Waals surface area (Å²) in [6.45, 7) is 3.81. The Morgan fingerprint density at radius 3 is 2.34 bits per heavy atom. The highest BCUT2D eigenvalue weighted by atomic mass is 127. The van der Waals surface area contributed by atoms with Crippen molar-refractivity contribution in [1.29, 1.82) is 0 Å². The molecule has 10 heteroatoms. The van der Waals surface area contributed by atoms with Gasteiger partial charge in [-0.2, -0.15) is 0 Å². The molecule has 7 nitrogen and oxygen atoms in total. The number of hydrogen-bond donors (Lipinski definition) is 1. The van der Waals surface area contributed by atoms with Gasteiger partial charge < -0.3 is 15.0 Å². The fourth-order valence-electron chi connectivity index (χ4n) is 2.53. The first-order valence-electron chi connectivity index (χ1n) is 8.92. The average molecular weight is 553 g/mol. The standard InChI is InChI=1S/C19H28N4O3S2.HI/c1-6-26-16-9-7-15(8-10-16)14-23(5)19(20-2)21-13-17-11-12-18(27-17)28(24,25)22(3)4;/h7-12H,6,13-14H2,1-5H3,(H,20,21);1H. The summed E-state index contributed by atoms with van der Waals surface area (Å²) < 4.78 is 31.4. The summed E-state index contributed by atoms with van der Waals surface area (Å²) in [5, 5.41) is 3.28. The Morgan fingerprint density at radius 2 is 1.79 bits per heavy atom. The van der Waals surface area contributed by atoms with Gasteiger partial charge in [-0.25, -0.2) is 12.7 Å². The van der Waals surface area contributed by atoms with E-state index in [0.717, 1.165) is 22.1 Å². The summed E-state index contributed by atoms with van der Waals surface area (Å²) in [5.74, 6) is 1.59. The van der Waals surface area contributed by atoms with Crippen LogP contribution in [0.5, 0.6) is 5.75 Å². The zero-order valence-corrected chi connectivity index (χ0v) is 21.3. The molecule has 0 aliphatic heterocycles. The van der Waals surface area contributed by atoms with Gasteiger partial charge in [0, 0.05) is 39.6 Å². The number of sulfonamides is 1. The van der Waals surface area contributed by atoms with E-state index >= 15 is 0 Å². The lowest BCUT2D eigenvalue weighted by molar-refractivity contribution is 0.340. The van der Waals surface area contributed by atoms with Crippen molar-refractivity contribution in [2.24, 2.45) is 4.99 Å². The topological polar surface area (TPSA) is 74.2 Å². The van der Waals surface area contributed by atoms with Crippen molar-refractivity contribution in [2.75, 3.05) is 34.8 Å². The van der Waals surface area contributed by atoms with E-state index in [2.05, 4.69) is 10.3 Å². The van der Waals surface area contributed by atoms with Crippen LogP contribution in [0.4, 0.5) is 0 Å². The highest BCUT2D eigenvalue weighted by Crippen LogP contribution is 2.23. The molecule has 2 rings (SSSR count). The third kappa shape index (κ3) is 7.12. The van der Waals surface area contributed by atoms with Crippen molar-refractivity contribution < 1.29 is 13.2 Å². The molecule has 1 heterocycles. The van der Waals surface area contributed by atoms with Crippen molar-refractivity contribution in [2.45, 2.75) is 24.2 Å². The summed E-state index contributed by atoms with van der Waals surface area (Å²) in [5.41, 5.74) is 1.14. The molecule has 29 heavy (non-hydrogen) atoms. The molecule has 0 atom stereocenters. The van der Waals surface area contributed by atoms with Crippen LogP contribution < -0.4 is 10.1 Å². The number of hydrogen-bond acceptors (Lipinski definition) is 5. The third-order valence-corrected chi connectivity index (χ3v) is 7.39. The van der Waals surface area contributed by atoms with Crippen molar-refractivity contribution in [3.8, 4) is 5.75 Å². The van der Waals surface area contributed by atoms with Crippen LogP contribution in [0.1, 0.15) is 17.4 Å². The number of guanidine groups is 1. The first kappa shape index (κ1) is 25.7. The van der Waals surface area contributed by atoms with Gasteiger partial charge in [0.1, 0.15) is 9.96 Å². The monoisotopic (exact) mass is 552 g/mol. The van der Waals surface area contributed by atoms with Gasteiger partial charge >= 0.3 is 0 Å². The predicted octanol–water partition coefficient (Wildman–Crippen LogP) is 3.22. The maximum atomic E-state index is 12.2. The van der Waals surface area contributed by atoms with Gasteiger partial charge in [-0.1, -0.05) is 12.1 Å². The molecule has 0 radical (unpaired) electrons.